The number of rotatable bonds is 1. The number of halogens is 1. The van der Waals surface area contributed by atoms with E-state index in [0.29, 0.717) is 0 Å². The molecule has 1 heterocycles. The second kappa shape index (κ2) is 4.26. The molecule has 5 heteroatoms. The summed E-state index contributed by atoms with van der Waals surface area (Å²) in [6, 6.07) is 0.119. The Kier molecular flexibility index (Phi) is 4.16. The van der Waals surface area contributed by atoms with Crippen LogP contribution in [0.1, 0.15) is 13.8 Å². The van der Waals surface area contributed by atoms with Gasteiger partial charge in [0.2, 0.25) is 5.91 Å². The van der Waals surface area contributed by atoms with E-state index >= 15 is 0 Å². The van der Waals surface area contributed by atoms with E-state index < -0.39 is 5.54 Å². The predicted octanol–water partition coefficient (Wildman–Crippen LogP) is -0.424. The van der Waals surface area contributed by atoms with Crippen molar-refractivity contribution in [1.82, 2.24) is 10.2 Å². The molecule has 1 rings (SSSR count). The Morgan fingerprint density at radius 3 is 2.54 bits per heavy atom. The Morgan fingerprint density at radius 2 is 2.23 bits per heavy atom. The van der Waals surface area contributed by atoms with Crippen LogP contribution in [-0.4, -0.2) is 42.5 Å². The Hall–Kier alpha value is -0.320. The molecule has 0 bridgehead atoms. The summed E-state index contributed by atoms with van der Waals surface area (Å²) in [4.78, 5) is 13.2. The van der Waals surface area contributed by atoms with Crippen molar-refractivity contribution in [2.24, 2.45) is 5.73 Å². The molecule has 0 aliphatic carbocycles. The number of primary amides is 1. The molecule has 0 aromatic rings. The molecule has 1 aliphatic rings. The highest BCUT2D eigenvalue weighted by molar-refractivity contribution is 5.85. The second-order valence-corrected chi connectivity index (χ2v) is 3.61. The Morgan fingerprint density at radius 1 is 1.69 bits per heavy atom. The standard InChI is InChI=1S/C8H17N3O.ClH/c1-6-8(2,7(9)12)11(3)5-4-10-6;/h6,10H,4-5H2,1-3H3,(H2,9,12);1H. The Balaban J connectivity index is 0.00000144. The maximum absolute atomic E-state index is 11.2. The van der Waals surface area contributed by atoms with Crippen LogP contribution in [0.3, 0.4) is 0 Å². The number of nitrogens with one attached hydrogen (secondary N) is 1. The molecule has 2 atom stereocenters. The maximum atomic E-state index is 11.2. The van der Waals surface area contributed by atoms with Crippen LogP contribution in [0.4, 0.5) is 0 Å². The maximum Gasteiger partial charge on any atom is 0.239 e. The molecule has 4 nitrogen and oxygen atoms in total. The Bertz CT molecular complexity index is 188. The lowest BCUT2D eigenvalue weighted by Crippen LogP contribution is -2.68. The summed E-state index contributed by atoms with van der Waals surface area (Å²) in [5.74, 6) is -0.260. The lowest BCUT2D eigenvalue weighted by molar-refractivity contribution is -0.131. The number of nitrogens with two attached hydrogens (primary N) is 1. The summed E-state index contributed by atoms with van der Waals surface area (Å²) < 4.78 is 0. The van der Waals surface area contributed by atoms with Crippen LogP contribution in [0, 0.1) is 0 Å². The van der Waals surface area contributed by atoms with Crippen LogP contribution >= 0.6 is 12.4 Å². The average Bonchev–Trinajstić information content (AvgIpc) is 1.99. The van der Waals surface area contributed by atoms with Crippen molar-refractivity contribution in [3.8, 4) is 0 Å². The van der Waals surface area contributed by atoms with E-state index in [1.54, 1.807) is 0 Å². The highest BCUT2D eigenvalue weighted by Crippen LogP contribution is 2.20. The normalized spacial score (nSPS) is 35.2. The van der Waals surface area contributed by atoms with Crippen molar-refractivity contribution < 1.29 is 4.79 Å². The molecule has 0 saturated carbocycles. The van der Waals surface area contributed by atoms with Gasteiger partial charge in [-0.1, -0.05) is 0 Å². The predicted molar refractivity (Wildman–Crippen MR) is 54.9 cm³/mol. The highest BCUT2D eigenvalue weighted by atomic mass is 35.5. The molecule has 1 fully saturated rings. The number of carbonyl (C=O) groups is 1. The van der Waals surface area contributed by atoms with Crippen LogP contribution < -0.4 is 11.1 Å². The van der Waals surface area contributed by atoms with Gasteiger partial charge in [-0.15, -0.1) is 12.4 Å². The van der Waals surface area contributed by atoms with Crippen LogP contribution in [0.5, 0.6) is 0 Å². The molecule has 2 unspecified atom stereocenters. The van der Waals surface area contributed by atoms with E-state index in [-0.39, 0.29) is 24.4 Å². The summed E-state index contributed by atoms with van der Waals surface area (Å²) in [7, 11) is 1.93. The average molecular weight is 208 g/mol. The molecule has 1 saturated heterocycles. The fourth-order valence-electron chi connectivity index (χ4n) is 1.61. The van der Waals surface area contributed by atoms with Gasteiger partial charge in [0.15, 0.2) is 0 Å². The lowest BCUT2D eigenvalue weighted by atomic mass is 9.89. The molecule has 0 radical (unpaired) electrons. The van der Waals surface area contributed by atoms with Crippen molar-refractivity contribution in [2.75, 3.05) is 20.1 Å². The van der Waals surface area contributed by atoms with Gasteiger partial charge in [-0.3, -0.25) is 9.69 Å². The van der Waals surface area contributed by atoms with Crippen LogP contribution in [0.15, 0.2) is 0 Å². The zero-order chi connectivity index (χ0) is 9.35. The van der Waals surface area contributed by atoms with Gasteiger partial charge in [0.25, 0.3) is 0 Å². The van der Waals surface area contributed by atoms with Crippen LogP contribution in [0.2, 0.25) is 0 Å². The van der Waals surface area contributed by atoms with Crippen LogP contribution in [0.25, 0.3) is 0 Å². The smallest absolute Gasteiger partial charge is 0.239 e. The minimum absolute atomic E-state index is 0. The summed E-state index contributed by atoms with van der Waals surface area (Å²) in [6.45, 7) is 5.65. The minimum Gasteiger partial charge on any atom is -0.368 e. The fraction of sp³-hybridized carbons (Fsp3) is 0.875. The first-order valence-electron chi connectivity index (χ1n) is 4.24. The fourth-order valence-corrected chi connectivity index (χ4v) is 1.61. The van der Waals surface area contributed by atoms with Gasteiger partial charge >= 0.3 is 0 Å². The number of piperazine rings is 1. The quantitative estimate of drug-likeness (QED) is 0.614. The molecule has 0 aromatic carbocycles. The SMILES string of the molecule is CC1NCCN(C)C1(C)C(N)=O.Cl. The topological polar surface area (TPSA) is 58.4 Å². The minimum atomic E-state index is -0.543. The summed E-state index contributed by atoms with van der Waals surface area (Å²) in [5, 5.41) is 3.24. The number of amides is 1. The summed E-state index contributed by atoms with van der Waals surface area (Å²) in [5.41, 5.74) is 4.82. The third kappa shape index (κ3) is 1.95. The monoisotopic (exact) mass is 207 g/mol. The number of nitrogens with zero attached hydrogens (tertiary/aromatic N) is 1. The van der Waals surface area contributed by atoms with E-state index in [2.05, 4.69) is 5.32 Å². The van der Waals surface area contributed by atoms with Crippen molar-refractivity contribution in [3.05, 3.63) is 0 Å². The second-order valence-electron chi connectivity index (χ2n) is 3.61. The molecule has 0 aromatic heterocycles. The van der Waals surface area contributed by atoms with Gasteiger partial charge in [-0.2, -0.15) is 0 Å². The summed E-state index contributed by atoms with van der Waals surface area (Å²) >= 11 is 0. The van der Waals surface area contributed by atoms with Crippen LogP contribution in [-0.2, 0) is 4.79 Å². The molecule has 0 spiro atoms. The van der Waals surface area contributed by atoms with E-state index in [1.165, 1.54) is 0 Å². The van der Waals surface area contributed by atoms with Gasteiger partial charge in [0.05, 0.1) is 0 Å². The molecule has 1 amide bonds. The third-order valence-corrected chi connectivity index (χ3v) is 3.03. The van der Waals surface area contributed by atoms with Gasteiger partial charge < -0.3 is 11.1 Å². The molecule has 1 aliphatic heterocycles. The number of carbonyl (C=O) groups excluding carboxylic acids is 1. The van der Waals surface area contributed by atoms with Crippen molar-refractivity contribution in [2.45, 2.75) is 25.4 Å². The van der Waals surface area contributed by atoms with E-state index in [1.807, 2.05) is 25.8 Å². The largest absolute Gasteiger partial charge is 0.368 e. The van der Waals surface area contributed by atoms with Gasteiger partial charge in [-0.05, 0) is 20.9 Å². The number of hydrogen-bond acceptors (Lipinski definition) is 3. The number of likely N-dealkylation sites (N-methyl/N-ethyl adjacent to an activating group) is 1. The molecular formula is C8H18ClN3O. The van der Waals surface area contributed by atoms with Crippen molar-refractivity contribution in [3.63, 3.8) is 0 Å². The molecular weight excluding hydrogens is 190 g/mol. The van der Waals surface area contributed by atoms with E-state index in [0.717, 1.165) is 13.1 Å². The van der Waals surface area contributed by atoms with Crippen molar-refractivity contribution in [1.29, 1.82) is 0 Å². The number of hydrogen-bond donors (Lipinski definition) is 2. The molecule has 13 heavy (non-hydrogen) atoms. The van der Waals surface area contributed by atoms with Gasteiger partial charge in [0, 0.05) is 19.1 Å². The molecule has 3 N–H and O–H groups in total. The zero-order valence-corrected chi connectivity index (χ0v) is 9.15. The molecule has 78 valence electrons. The highest BCUT2D eigenvalue weighted by Gasteiger charge is 2.42. The van der Waals surface area contributed by atoms with Crippen molar-refractivity contribution >= 4 is 18.3 Å². The van der Waals surface area contributed by atoms with E-state index in [4.69, 9.17) is 5.73 Å². The van der Waals surface area contributed by atoms with Gasteiger partial charge in [-0.25, -0.2) is 0 Å². The zero-order valence-electron chi connectivity index (χ0n) is 8.33. The summed E-state index contributed by atoms with van der Waals surface area (Å²) in [6.07, 6.45) is 0. The lowest BCUT2D eigenvalue weighted by Gasteiger charge is -2.45. The third-order valence-electron chi connectivity index (χ3n) is 3.03. The van der Waals surface area contributed by atoms with E-state index in [9.17, 15) is 4.79 Å². The first kappa shape index (κ1) is 12.7. The first-order valence-corrected chi connectivity index (χ1v) is 4.24. The van der Waals surface area contributed by atoms with Gasteiger partial charge in [0.1, 0.15) is 5.54 Å². The first-order chi connectivity index (χ1) is 5.49. The Labute approximate surface area is 85.3 Å².